The molecule has 0 amide bonds. The van der Waals surface area contributed by atoms with Gasteiger partial charge in [-0.1, -0.05) is 0 Å². The molecule has 0 saturated carbocycles. The van der Waals surface area contributed by atoms with Crippen molar-refractivity contribution in [2.75, 3.05) is 0 Å². The fraction of sp³-hybridized carbons (Fsp3) is 0.500. The Balaban J connectivity index is 2.35. The third kappa shape index (κ3) is 2.43. The van der Waals surface area contributed by atoms with Gasteiger partial charge < -0.3 is 0 Å². The molecule has 0 aromatic carbocycles. The largest absolute Gasteiger partial charge is 0.151 e. The molecule has 52 valence electrons. The first-order chi connectivity index (χ1) is 4.93. The van der Waals surface area contributed by atoms with E-state index in [1.54, 1.807) is 0 Å². The summed E-state index contributed by atoms with van der Waals surface area (Å²) in [6, 6.07) is 0. The molecule has 0 aromatic rings. The van der Waals surface area contributed by atoms with Crippen molar-refractivity contribution in [3.63, 3.8) is 0 Å². The molecular weight excluding hydrogens is 152 g/mol. The summed E-state index contributed by atoms with van der Waals surface area (Å²) < 4.78 is 0. The van der Waals surface area contributed by atoms with E-state index in [1.807, 2.05) is 0 Å². The van der Waals surface area contributed by atoms with Gasteiger partial charge in [-0.05, 0) is 12.8 Å². The van der Waals surface area contributed by atoms with E-state index < -0.39 is 0 Å². The summed E-state index contributed by atoms with van der Waals surface area (Å²) >= 11 is 0. The third-order valence-corrected chi connectivity index (χ3v) is 4.41. The van der Waals surface area contributed by atoms with Crippen molar-refractivity contribution < 1.29 is 0 Å². The fourth-order valence-corrected chi connectivity index (χ4v) is 2.91. The Hall–Kier alpha value is -0.446. The van der Waals surface area contributed by atoms with Crippen molar-refractivity contribution in [2.45, 2.75) is 24.8 Å². The Bertz CT molecular complexity index is 211. The fourth-order valence-electron chi connectivity index (χ4n) is 1.10. The molecule has 0 saturated heterocycles. The average molecular weight is 164 g/mol. The van der Waals surface area contributed by atoms with Gasteiger partial charge in [-0.15, -0.1) is 17.4 Å². The second kappa shape index (κ2) is 4.38. The van der Waals surface area contributed by atoms with E-state index in [1.165, 1.54) is 12.8 Å². The normalized spacial score (nSPS) is 23.4. The van der Waals surface area contributed by atoms with Crippen LogP contribution in [0.25, 0.3) is 0 Å². The highest BCUT2D eigenvalue weighted by Crippen LogP contribution is 2.15. The van der Waals surface area contributed by atoms with Crippen molar-refractivity contribution in [1.29, 1.82) is 0 Å². The minimum absolute atomic E-state index is 0.134. The van der Waals surface area contributed by atoms with Crippen molar-refractivity contribution in [3.05, 3.63) is 0 Å². The summed E-state index contributed by atoms with van der Waals surface area (Å²) in [6.45, 7) is 0. The van der Waals surface area contributed by atoms with Crippen LogP contribution in [0.3, 0.4) is 0 Å². The number of hydrogen-bond acceptors (Lipinski definition) is 0. The molecule has 0 fully saturated rings. The highest BCUT2D eigenvalue weighted by Gasteiger charge is 2.05. The van der Waals surface area contributed by atoms with Crippen LogP contribution in [-0.2, 0) is 0 Å². The summed E-state index contributed by atoms with van der Waals surface area (Å²) in [5, 5.41) is 0. The molecule has 0 aliphatic heterocycles. The maximum absolute atomic E-state index is 3.28. The third-order valence-electron chi connectivity index (χ3n) is 1.69. The lowest BCUT2D eigenvalue weighted by atomic mass is 10.1. The van der Waals surface area contributed by atoms with E-state index in [-0.39, 0.29) is 9.52 Å². The molecule has 0 radical (unpaired) electrons. The van der Waals surface area contributed by atoms with Crippen LogP contribution in [0.5, 0.6) is 0 Å². The van der Waals surface area contributed by atoms with Crippen molar-refractivity contribution in [3.8, 4) is 22.9 Å². The summed E-state index contributed by atoms with van der Waals surface area (Å²) in [4.78, 5) is 0. The van der Waals surface area contributed by atoms with Crippen LogP contribution in [0, 0.1) is 22.9 Å². The Kier molecular flexibility index (Phi) is 3.36. The minimum atomic E-state index is -0.134. The lowest BCUT2D eigenvalue weighted by molar-refractivity contribution is 0.758. The van der Waals surface area contributed by atoms with Crippen molar-refractivity contribution in [1.82, 2.24) is 0 Å². The first-order valence-electron chi connectivity index (χ1n) is 3.81. The zero-order chi connectivity index (χ0) is 7.23. The van der Waals surface area contributed by atoms with E-state index in [4.69, 9.17) is 0 Å². The average Bonchev–Trinajstić information content (AvgIpc) is 2.03. The Morgan fingerprint density at radius 1 is 1.60 bits per heavy atom. The van der Waals surface area contributed by atoms with E-state index in [0.717, 1.165) is 22.2 Å². The van der Waals surface area contributed by atoms with Gasteiger partial charge in [0, 0.05) is 12.0 Å². The predicted molar refractivity (Wildman–Crippen MR) is 51.6 cm³/mol. The van der Waals surface area contributed by atoms with E-state index in [0.29, 0.717) is 0 Å². The second-order valence-corrected chi connectivity index (χ2v) is 4.79. The predicted octanol–water partition coefficient (Wildman–Crippen LogP) is -0.585. The lowest BCUT2D eigenvalue weighted by Crippen LogP contribution is -2.02. The highest BCUT2D eigenvalue weighted by atomic mass is 28.2. The van der Waals surface area contributed by atoms with Gasteiger partial charge in [0.05, 0.1) is 10.2 Å². The Morgan fingerprint density at radius 3 is 3.10 bits per heavy atom. The highest BCUT2D eigenvalue weighted by molar-refractivity contribution is 6.50. The summed E-state index contributed by atoms with van der Waals surface area (Å²) in [6.07, 6.45) is 3.77. The number of hydrogen-bond donors (Lipinski definition) is 0. The van der Waals surface area contributed by atoms with Crippen LogP contribution < -0.4 is 0 Å². The van der Waals surface area contributed by atoms with E-state index in [9.17, 15) is 0 Å². The Morgan fingerprint density at radius 2 is 2.50 bits per heavy atom. The quantitative estimate of drug-likeness (QED) is 0.359. The topological polar surface area (TPSA) is 0 Å². The lowest BCUT2D eigenvalue weighted by Gasteiger charge is -2.07. The SMILES string of the molecule is [SiH3]C#C[SiH2]C1C#CCCC1. The summed E-state index contributed by atoms with van der Waals surface area (Å²) in [7, 11) is 0.910. The maximum atomic E-state index is 3.28. The molecule has 1 aliphatic rings. The molecule has 1 atom stereocenters. The molecule has 0 nitrogen and oxygen atoms in total. The Labute approximate surface area is 68.0 Å². The van der Waals surface area contributed by atoms with Crippen molar-refractivity contribution >= 4 is 19.8 Å². The first-order valence-corrected chi connectivity index (χ1v) is 6.34. The monoisotopic (exact) mass is 164 g/mol. The second-order valence-electron chi connectivity index (χ2n) is 2.54. The molecule has 1 unspecified atom stereocenters. The van der Waals surface area contributed by atoms with Crippen LogP contribution in [-0.4, -0.2) is 19.8 Å². The molecule has 10 heavy (non-hydrogen) atoms. The van der Waals surface area contributed by atoms with Crippen LogP contribution in [0.1, 0.15) is 19.3 Å². The van der Waals surface area contributed by atoms with Gasteiger partial charge in [0.2, 0.25) is 0 Å². The number of rotatable bonds is 1. The molecule has 0 bridgehead atoms. The van der Waals surface area contributed by atoms with Crippen LogP contribution in [0.15, 0.2) is 0 Å². The summed E-state index contributed by atoms with van der Waals surface area (Å²) in [5.41, 5.74) is 7.10. The maximum Gasteiger partial charge on any atom is 0.121 e. The molecular formula is C8H12Si2. The standard InChI is InChI=1S/C8H12Si2/c9-6-7-10-8-4-2-1-3-5-8/h8H,1-2,4,10H2,9H3. The molecule has 1 aliphatic carbocycles. The minimum Gasteiger partial charge on any atom is -0.151 e. The van der Waals surface area contributed by atoms with Gasteiger partial charge in [-0.25, -0.2) is 0 Å². The summed E-state index contributed by atoms with van der Waals surface area (Å²) in [5.74, 6) is 6.45. The van der Waals surface area contributed by atoms with Gasteiger partial charge >= 0.3 is 0 Å². The smallest absolute Gasteiger partial charge is 0.121 e. The van der Waals surface area contributed by atoms with Gasteiger partial charge in [0.1, 0.15) is 9.52 Å². The zero-order valence-electron chi connectivity index (χ0n) is 6.41. The molecule has 0 aromatic heterocycles. The van der Waals surface area contributed by atoms with Gasteiger partial charge in [-0.3, -0.25) is 0 Å². The molecule has 0 heterocycles. The molecule has 0 spiro atoms. The zero-order valence-corrected chi connectivity index (χ0v) is 9.82. The van der Waals surface area contributed by atoms with Gasteiger partial charge in [0.15, 0.2) is 0 Å². The van der Waals surface area contributed by atoms with Crippen LogP contribution >= 0.6 is 0 Å². The van der Waals surface area contributed by atoms with Gasteiger partial charge in [0.25, 0.3) is 0 Å². The van der Waals surface area contributed by atoms with E-state index in [2.05, 4.69) is 22.9 Å². The van der Waals surface area contributed by atoms with E-state index >= 15 is 0 Å². The van der Waals surface area contributed by atoms with Crippen LogP contribution in [0.4, 0.5) is 0 Å². The van der Waals surface area contributed by atoms with Crippen molar-refractivity contribution in [2.24, 2.45) is 0 Å². The first kappa shape index (κ1) is 7.66. The van der Waals surface area contributed by atoms with Gasteiger partial charge in [-0.2, -0.15) is 5.54 Å². The van der Waals surface area contributed by atoms with Crippen LogP contribution in [0.2, 0.25) is 5.54 Å². The molecule has 0 N–H and O–H groups in total. The molecule has 2 heteroatoms. The molecule has 1 rings (SSSR count).